The lowest BCUT2D eigenvalue weighted by molar-refractivity contribution is -0.125. The fourth-order valence-corrected chi connectivity index (χ4v) is 5.09. The maximum absolute atomic E-state index is 12.7. The van der Waals surface area contributed by atoms with Gasteiger partial charge in [-0.15, -0.1) is 0 Å². The molecular weight excluding hydrogens is 410 g/mol. The van der Waals surface area contributed by atoms with Gasteiger partial charge in [0.1, 0.15) is 0 Å². The molecule has 0 spiro atoms. The van der Waals surface area contributed by atoms with Crippen LogP contribution in [0.4, 0.5) is 5.82 Å². The van der Waals surface area contributed by atoms with E-state index in [2.05, 4.69) is 55.0 Å². The van der Waals surface area contributed by atoms with E-state index in [0.717, 1.165) is 76.5 Å². The molecule has 0 bridgehead atoms. The number of carbonyl (C=O) groups is 1. The van der Waals surface area contributed by atoms with Gasteiger partial charge in [0.2, 0.25) is 5.91 Å². The van der Waals surface area contributed by atoms with Crippen LogP contribution >= 0.6 is 0 Å². The molecule has 0 atom stereocenters. The monoisotopic (exact) mass is 443 g/mol. The first-order valence-corrected chi connectivity index (χ1v) is 12.2. The summed E-state index contributed by atoms with van der Waals surface area (Å²) in [5, 5.41) is 3.20. The van der Waals surface area contributed by atoms with Gasteiger partial charge in [-0.25, -0.2) is 4.98 Å². The highest BCUT2D eigenvalue weighted by Crippen LogP contribution is 2.27. The minimum absolute atomic E-state index is 0.0989. The van der Waals surface area contributed by atoms with Crippen molar-refractivity contribution in [3.05, 3.63) is 78.2 Å². The van der Waals surface area contributed by atoms with E-state index in [4.69, 9.17) is 0 Å². The van der Waals surface area contributed by atoms with Crippen molar-refractivity contribution < 1.29 is 4.79 Å². The molecule has 2 aliphatic heterocycles. The molecule has 0 unspecified atom stereocenters. The summed E-state index contributed by atoms with van der Waals surface area (Å²) < 4.78 is 2.10. The molecule has 1 amide bonds. The van der Waals surface area contributed by atoms with Gasteiger partial charge in [0.15, 0.2) is 5.82 Å². The van der Waals surface area contributed by atoms with Crippen molar-refractivity contribution in [2.24, 2.45) is 5.92 Å². The van der Waals surface area contributed by atoms with Crippen LogP contribution in [0.3, 0.4) is 0 Å². The summed E-state index contributed by atoms with van der Waals surface area (Å²) in [6, 6.07) is 16.9. The fourth-order valence-electron chi connectivity index (χ4n) is 5.09. The highest BCUT2D eigenvalue weighted by molar-refractivity contribution is 5.79. The van der Waals surface area contributed by atoms with Gasteiger partial charge in [0.05, 0.1) is 5.69 Å². The Kier molecular flexibility index (Phi) is 6.72. The van der Waals surface area contributed by atoms with Crippen LogP contribution in [-0.2, 0) is 17.8 Å². The number of aromatic nitrogens is 2. The van der Waals surface area contributed by atoms with Gasteiger partial charge in [-0.1, -0.05) is 24.3 Å². The van der Waals surface area contributed by atoms with E-state index in [1.165, 1.54) is 11.1 Å². The van der Waals surface area contributed by atoms with Gasteiger partial charge < -0.3 is 14.8 Å². The number of nitrogens with one attached hydrogen (secondary N) is 1. The van der Waals surface area contributed by atoms with Crippen molar-refractivity contribution in [3.63, 3.8) is 0 Å². The van der Waals surface area contributed by atoms with Crippen LogP contribution in [0.2, 0.25) is 0 Å². The number of hydrogen-bond acceptors (Lipinski definition) is 4. The molecule has 0 radical (unpaired) electrons. The van der Waals surface area contributed by atoms with Gasteiger partial charge in [0, 0.05) is 63.8 Å². The molecular formula is C27H33N5O. The molecule has 1 N–H and O–H groups in total. The maximum atomic E-state index is 12.7. The molecule has 6 heteroatoms. The lowest BCUT2D eigenvalue weighted by Gasteiger charge is -2.33. The molecule has 6 nitrogen and oxygen atoms in total. The van der Waals surface area contributed by atoms with E-state index in [1.54, 1.807) is 0 Å². The molecule has 4 heterocycles. The van der Waals surface area contributed by atoms with E-state index in [1.807, 2.05) is 36.8 Å². The standard InChI is InChI=1S/C27H33N5O/c33-27(29-14-6-15-30-18-10-22-7-1-2-8-24(22)21-30)23-11-19-32(20-12-23)26-25(9-5-13-28-26)31-16-3-4-17-31/h1-5,7-9,13,16-17,23H,6,10-12,14-15,18-21H2,(H,29,33). The third kappa shape index (κ3) is 5.11. The molecule has 2 aliphatic rings. The van der Waals surface area contributed by atoms with Gasteiger partial charge in [-0.2, -0.15) is 0 Å². The molecule has 3 aromatic rings. The molecule has 172 valence electrons. The average Bonchev–Trinajstić information content (AvgIpc) is 3.41. The molecule has 1 aromatic carbocycles. The number of hydrogen-bond donors (Lipinski definition) is 1. The summed E-state index contributed by atoms with van der Waals surface area (Å²) in [7, 11) is 0. The van der Waals surface area contributed by atoms with Crippen LogP contribution in [-0.4, -0.2) is 53.1 Å². The first-order valence-electron chi connectivity index (χ1n) is 12.2. The third-order valence-corrected chi connectivity index (χ3v) is 6.97. The summed E-state index contributed by atoms with van der Waals surface area (Å²) in [5.41, 5.74) is 4.03. The minimum Gasteiger partial charge on any atom is -0.356 e. The summed E-state index contributed by atoms with van der Waals surface area (Å²) >= 11 is 0. The Hall–Kier alpha value is -3.12. The van der Waals surface area contributed by atoms with Gasteiger partial charge in [-0.05, 0) is 61.1 Å². The topological polar surface area (TPSA) is 53.4 Å². The second-order valence-electron chi connectivity index (χ2n) is 9.14. The van der Waals surface area contributed by atoms with Crippen LogP contribution < -0.4 is 10.2 Å². The van der Waals surface area contributed by atoms with E-state index in [9.17, 15) is 4.79 Å². The lowest BCUT2D eigenvalue weighted by atomic mass is 9.95. The van der Waals surface area contributed by atoms with E-state index in [-0.39, 0.29) is 11.8 Å². The molecule has 5 rings (SSSR count). The summed E-state index contributed by atoms with van der Waals surface area (Å²) in [5.74, 6) is 1.31. The Morgan fingerprint density at radius 1 is 0.970 bits per heavy atom. The third-order valence-electron chi connectivity index (χ3n) is 6.97. The Balaban J connectivity index is 1.06. The van der Waals surface area contributed by atoms with Crippen LogP contribution in [0, 0.1) is 5.92 Å². The Morgan fingerprint density at radius 2 is 1.76 bits per heavy atom. The quantitative estimate of drug-likeness (QED) is 0.567. The number of benzene rings is 1. The number of nitrogens with zero attached hydrogens (tertiary/aromatic N) is 4. The smallest absolute Gasteiger partial charge is 0.223 e. The number of piperidine rings is 1. The zero-order valence-electron chi connectivity index (χ0n) is 19.2. The summed E-state index contributed by atoms with van der Waals surface area (Å²) in [4.78, 5) is 22.2. The highest BCUT2D eigenvalue weighted by Gasteiger charge is 2.26. The molecule has 1 saturated heterocycles. The summed E-state index contributed by atoms with van der Waals surface area (Å²) in [6.07, 6.45) is 9.81. The first-order chi connectivity index (χ1) is 16.3. The molecule has 1 fully saturated rings. The number of rotatable bonds is 7. The van der Waals surface area contributed by atoms with Crippen LogP contribution in [0.1, 0.15) is 30.4 Å². The van der Waals surface area contributed by atoms with Crippen molar-refractivity contribution in [2.45, 2.75) is 32.2 Å². The Bertz CT molecular complexity index is 1060. The second-order valence-corrected chi connectivity index (χ2v) is 9.14. The van der Waals surface area contributed by atoms with E-state index >= 15 is 0 Å². The predicted molar refractivity (Wildman–Crippen MR) is 132 cm³/mol. The normalized spacial score (nSPS) is 17.0. The number of pyridine rings is 1. The predicted octanol–water partition coefficient (Wildman–Crippen LogP) is 3.65. The average molecular weight is 444 g/mol. The second kappa shape index (κ2) is 10.2. The lowest BCUT2D eigenvalue weighted by Crippen LogP contribution is -2.41. The zero-order chi connectivity index (χ0) is 22.5. The SMILES string of the molecule is O=C(NCCCN1CCc2ccccc2C1)C1CCN(c2ncccc2-n2cccc2)CC1. The Labute approximate surface area is 196 Å². The van der Waals surface area contributed by atoms with Crippen LogP contribution in [0.25, 0.3) is 5.69 Å². The van der Waals surface area contributed by atoms with E-state index in [0.29, 0.717) is 0 Å². The van der Waals surface area contributed by atoms with Crippen molar-refractivity contribution >= 4 is 11.7 Å². The zero-order valence-corrected chi connectivity index (χ0v) is 19.2. The van der Waals surface area contributed by atoms with Gasteiger partial charge in [0.25, 0.3) is 0 Å². The van der Waals surface area contributed by atoms with E-state index < -0.39 is 0 Å². The van der Waals surface area contributed by atoms with Crippen molar-refractivity contribution in [2.75, 3.05) is 37.6 Å². The number of amides is 1. The molecule has 0 saturated carbocycles. The van der Waals surface area contributed by atoms with Crippen molar-refractivity contribution in [1.82, 2.24) is 19.8 Å². The van der Waals surface area contributed by atoms with Gasteiger partial charge >= 0.3 is 0 Å². The van der Waals surface area contributed by atoms with Crippen molar-refractivity contribution in [1.29, 1.82) is 0 Å². The van der Waals surface area contributed by atoms with Crippen LogP contribution in [0.5, 0.6) is 0 Å². The largest absolute Gasteiger partial charge is 0.356 e. The highest BCUT2D eigenvalue weighted by atomic mass is 16.1. The molecule has 0 aliphatic carbocycles. The first kappa shape index (κ1) is 21.7. The van der Waals surface area contributed by atoms with Crippen LogP contribution in [0.15, 0.2) is 67.1 Å². The number of carbonyl (C=O) groups excluding carboxylic acids is 1. The summed E-state index contributed by atoms with van der Waals surface area (Å²) in [6.45, 7) is 5.65. The van der Waals surface area contributed by atoms with Gasteiger partial charge in [-0.3, -0.25) is 9.69 Å². The Morgan fingerprint density at radius 3 is 2.58 bits per heavy atom. The molecule has 2 aromatic heterocycles. The molecule has 33 heavy (non-hydrogen) atoms. The van der Waals surface area contributed by atoms with Crippen molar-refractivity contribution in [3.8, 4) is 5.69 Å². The minimum atomic E-state index is 0.0989. The maximum Gasteiger partial charge on any atom is 0.223 e. The fraction of sp³-hybridized carbons (Fsp3) is 0.407. The number of fused-ring (bicyclic) bond motifs is 1. The number of anilines is 1.